The summed E-state index contributed by atoms with van der Waals surface area (Å²) in [6.45, 7) is 7.76. The van der Waals surface area contributed by atoms with Gasteiger partial charge in [-0.1, -0.05) is 25.1 Å². The lowest BCUT2D eigenvalue weighted by Crippen LogP contribution is -2.39. The molecule has 0 spiro atoms. The predicted molar refractivity (Wildman–Crippen MR) is 121 cm³/mol. The van der Waals surface area contributed by atoms with E-state index >= 15 is 0 Å². The average Bonchev–Trinajstić information content (AvgIpc) is 3.05. The highest BCUT2D eigenvalue weighted by Gasteiger charge is 2.14. The number of fused-ring (bicyclic) bond motifs is 1. The van der Waals surface area contributed by atoms with Gasteiger partial charge in [0.1, 0.15) is 0 Å². The summed E-state index contributed by atoms with van der Waals surface area (Å²) >= 11 is 0. The topological polar surface area (TPSA) is 55.5 Å². The summed E-state index contributed by atoms with van der Waals surface area (Å²) in [4.78, 5) is 10.3. The minimum absolute atomic E-state index is 0. The molecule has 1 fully saturated rings. The Hall–Kier alpha value is -1.28. The van der Waals surface area contributed by atoms with Crippen molar-refractivity contribution in [2.75, 3.05) is 33.2 Å². The summed E-state index contributed by atoms with van der Waals surface area (Å²) in [5.41, 5.74) is 2.35. The lowest BCUT2D eigenvalue weighted by molar-refractivity contribution is 0.191. The van der Waals surface area contributed by atoms with E-state index in [0.29, 0.717) is 0 Å². The molecule has 0 radical (unpaired) electrons. The lowest BCUT2D eigenvalue weighted by Gasteiger charge is -2.30. The van der Waals surface area contributed by atoms with Gasteiger partial charge in [0, 0.05) is 24.8 Å². The Labute approximate surface area is 174 Å². The molecule has 0 unspecified atom stereocenters. The van der Waals surface area contributed by atoms with Crippen molar-refractivity contribution < 1.29 is 0 Å². The number of nitrogens with one attached hydrogen (secondary N) is 3. The molecular weight excluding hydrogens is 437 g/mol. The maximum absolute atomic E-state index is 4.32. The molecule has 3 N–H and O–H groups in total. The summed E-state index contributed by atoms with van der Waals surface area (Å²) in [5.74, 6) is 1.77. The quantitative estimate of drug-likeness (QED) is 0.263. The van der Waals surface area contributed by atoms with Crippen LogP contribution in [-0.4, -0.2) is 49.1 Å². The standard InChI is InChI=1S/C20H31N5.HI/c1-16-8-12-25(13-9-16)11-5-10-22-20(21-2)23-15-18-14-17-6-3-4-7-19(17)24-18;/h3-4,6-7,14,16,24H,5,8-13,15H2,1-2H3,(H2,21,22,23);1H. The first kappa shape index (κ1) is 21.0. The minimum atomic E-state index is 0. The normalized spacial score (nSPS) is 16.5. The monoisotopic (exact) mass is 469 g/mol. The van der Waals surface area contributed by atoms with Gasteiger partial charge in [-0.15, -0.1) is 24.0 Å². The molecule has 0 bridgehead atoms. The van der Waals surface area contributed by atoms with Crippen LogP contribution in [0.5, 0.6) is 0 Å². The zero-order valence-electron chi connectivity index (χ0n) is 15.9. The van der Waals surface area contributed by atoms with Gasteiger partial charge in [-0.25, -0.2) is 0 Å². The highest BCUT2D eigenvalue weighted by Crippen LogP contribution is 2.16. The summed E-state index contributed by atoms with van der Waals surface area (Å²) in [6, 6.07) is 10.5. The number of aromatic nitrogens is 1. The molecule has 26 heavy (non-hydrogen) atoms. The first-order valence-corrected chi connectivity index (χ1v) is 9.48. The van der Waals surface area contributed by atoms with Crippen LogP contribution < -0.4 is 10.6 Å². The summed E-state index contributed by atoms with van der Waals surface area (Å²) < 4.78 is 0. The minimum Gasteiger partial charge on any atom is -0.357 e. The Kier molecular flexibility index (Phi) is 8.71. The van der Waals surface area contributed by atoms with Gasteiger partial charge in [0.2, 0.25) is 0 Å². The molecule has 1 aromatic heterocycles. The van der Waals surface area contributed by atoms with Gasteiger partial charge in [0.15, 0.2) is 5.96 Å². The SMILES string of the molecule is CN=C(NCCCN1CCC(C)CC1)NCc1cc2ccccc2[nH]1.I. The van der Waals surface area contributed by atoms with Crippen molar-refractivity contribution in [1.29, 1.82) is 0 Å². The van der Waals surface area contributed by atoms with E-state index in [1.807, 2.05) is 7.05 Å². The van der Waals surface area contributed by atoms with E-state index in [2.05, 4.69) is 62.8 Å². The summed E-state index contributed by atoms with van der Waals surface area (Å²) in [7, 11) is 1.83. The van der Waals surface area contributed by atoms with Crippen molar-refractivity contribution in [3.05, 3.63) is 36.0 Å². The van der Waals surface area contributed by atoms with E-state index < -0.39 is 0 Å². The smallest absolute Gasteiger partial charge is 0.191 e. The van der Waals surface area contributed by atoms with Crippen LogP contribution in [0.15, 0.2) is 35.3 Å². The zero-order chi connectivity index (χ0) is 17.5. The molecule has 1 aliphatic rings. The first-order chi connectivity index (χ1) is 12.2. The van der Waals surface area contributed by atoms with E-state index in [-0.39, 0.29) is 24.0 Å². The number of hydrogen-bond acceptors (Lipinski definition) is 2. The molecule has 0 amide bonds. The van der Waals surface area contributed by atoms with Crippen LogP contribution in [0.1, 0.15) is 31.9 Å². The second-order valence-corrected chi connectivity index (χ2v) is 7.11. The van der Waals surface area contributed by atoms with Crippen LogP contribution in [0.4, 0.5) is 0 Å². The van der Waals surface area contributed by atoms with Crippen molar-refractivity contribution >= 4 is 40.8 Å². The molecule has 1 saturated heterocycles. The maximum atomic E-state index is 4.32. The summed E-state index contributed by atoms with van der Waals surface area (Å²) in [5, 5.41) is 8.05. The number of piperidine rings is 1. The van der Waals surface area contributed by atoms with Crippen molar-refractivity contribution in [2.24, 2.45) is 10.9 Å². The maximum Gasteiger partial charge on any atom is 0.191 e. The molecule has 0 saturated carbocycles. The van der Waals surface area contributed by atoms with Crippen molar-refractivity contribution in [2.45, 2.75) is 32.7 Å². The number of nitrogens with zero attached hydrogens (tertiary/aromatic N) is 2. The lowest BCUT2D eigenvalue weighted by atomic mass is 9.99. The summed E-state index contributed by atoms with van der Waals surface area (Å²) in [6.07, 6.45) is 3.85. The third-order valence-corrected chi connectivity index (χ3v) is 5.08. The number of aromatic amines is 1. The Bertz CT molecular complexity index is 655. The Morgan fingerprint density at radius 3 is 2.73 bits per heavy atom. The number of rotatable bonds is 6. The Morgan fingerprint density at radius 1 is 1.23 bits per heavy atom. The molecule has 3 rings (SSSR count). The van der Waals surface area contributed by atoms with Crippen molar-refractivity contribution in [3.63, 3.8) is 0 Å². The van der Waals surface area contributed by atoms with Crippen LogP contribution in [0.25, 0.3) is 10.9 Å². The van der Waals surface area contributed by atoms with Crippen LogP contribution >= 0.6 is 24.0 Å². The number of halogens is 1. The van der Waals surface area contributed by atoms with Crippen molar-refractivity contribution in [3.8, 4) is 0 Å². The molecule has 5 nitrogen and oxygen atoms in total. The fourth-order valence-electron chi connectivity index (χ4n) is 3.42. The average molecular weight is 469 g/mol. The molecule has 1 aromatic carbocycles. The Morgan fingerprint density at radius 2 is 2.00 bits per heavy atom. The predicted octanol–water partition coefficient (Wildman–Crippen LogP) is 3.57. The molecule has 1 aliphatic heterocycles. The van der Waals surface area contributed by atoms with Gasteiger partial charge in [-0.2, -0.15) is 0 Å². The number of benzene rings is 1. The molecule has 0 aliphatic carbocycles. The fraction of sp³-hybridized carbons (Fsp3) is 0.550. The number of likely N-dealkylation sites (tertiary alicyclic amines) is 1. The van der Waals surface area contributed by atoms with E-state index in [4.69, 9.17) is 0 Å². The highest BCUT2D eigenvalue weighted by atomic mass is 127. The second-order valence-electron chi connectivity index (χ2n) is 7.11. The molecule has 6 heteroatoms. The molecule has 2 heterocycles. The number of H-pyrrole nitrogens is 1. The Balaban J connectivity index is 0.00000243. The van der Waals surface area contributed by atoms with Crippen LogP contribution in [0.3, 0.4) is 0 Å². The second kappa shape index (κ2) is 10.8. The number of guanidine groups is 1. The van der Waals surface area contributed by atoms with E-state index in [0.717, 1.165) is 31.4 Å². The highest BCUT2D eigenvalue weighted by molar-refractivity contribution is 14.0. The number of aliphatic imine (C=N–C) groups is 1. The van der Waals surface area contributed by atoms with Gasteiger partial charge in [0.25, 0.3) is 0 Å². The van der Waals surface area contributed by atoms with E-state index in [1.165, 1.54) is 49.1 Å². The van der Waals surface area contributed by atoms with Gasteiger partial charge in [-0.3, -0.25) is 4.99 Å². The first-order valence-electron chi connectivity index (χ1n) is 9.48. The van der Waals surface area contributed by atoms with Crippen LogP contribution in [-0.2, 0) is 6.54 Å². The van der Waals surface area contributed by atoms with Gasteiger partial charge in [0.05, 0.1) is 6.54 Å². The van der Waals surface area contributed by atoms with Gasteiger partial charge >= 0.3 is 0 Å². The molecule has 0 atom stereocenters. The molecule has 144 valence electrons. The van der Waals surface area contributed by atoms with Gasteiger partial charge in [-0.05, 0) is 62.3 Å². The number of para-hydroxylation sites is 1. The van der Waals surface area contributed by atoms with E-state index in [1.54, 1.807) is 0 Å². The van der Waals surface area contributed by atoms with Crippen molar-refractivity contribution in [1.82, 2.24) is 20.5 Å². The van der Waals surface area contributed by atoms with E-state index in [9.17, 15) is 0 Å². The number of hydrogen-bond donors (Lipinski definition) is 3. The van der Waals surface area contributed by atoms with Crippen LogP contribution in [0, 0.1) is 5.92 Å². The third-order valence-electron chi connectivity index (χ3n) is 5.08. The van der Waals surface area contributed by atoms with Crippen LogP contribution in [0.2, 0.25) is 0 Å². The fourth-order valence-corrected chi connectivity index (χ4v) is 3.42. The largest absolute Gasteiger partial charge is 0.357 e. The molecule has 2 aromatic rings. The zero-order valence-corrected chi connectivity index (χ0v) is 18.3. The van der Waals surface area contributed by atoms with Gasteiger partial charge < -0.3 is 20.5 Å². The molecular formula is C20H32IN5. The third kappa shape index (κ3) is 6.16.